The second kappa shape index (κ2) is 3.49. The smallest absolute Gasteiger partial charge is 0.0226 e. The molecule has 0 aromatic heterocycles. The molecule has 1 rings (SSSR count). The Bertz CT molecular complexity index is 80.4. The standard InChI is InChI=1S/C7H11I/c8-6-5-7-3-1-2-4-7/h5-7H,1-4H2. The molecule has 0 amide bonds. The predicted molar refractivity (Wildman–Crippen MR) is 45.1 cm³/mol. The van der Waals surface area contributed by atoms with Gasteiger partial charge in [-0.05, 0) is 22.8 Å². The zero-order valence-corrected chi connectivity index (χ0v) is 7.10. The maximum atomic E-state index is 2.33. The van der Waals surface area contributed by atoms with Crippen molar-refractivity contribution in [2.24, 2.45) is 5.92 Å². The highest BCUT2D eigenvalue weighted by atomic mass is 127. The zero-order valence-electron chi connectivity index (χ0n) is 4.94. The van der Waals surface area contributed by atoms with Gasteiger partial charge in [0.05, 0.1) is 0 Å². The molecule has 0 aromatic rings. The molecule has 0 aromatic carbocycles. The van der Waals surface area contributed by atoms with E-state index in [1.807, 2.05) is 0 Å². The first kappa shape index (κ1) is 6.59. The molecule has 0 N–H and O–H groups in total. The van der Waals surface area contributed by atoms with Crippen molar-refractivity contribution in [3.05, 3.63) is 10.2 Å². The molecule has 0 nitrogen and oxygen atoms in total. The minimum Gasteiger partial charge on any atom is -0.0753 e. The Kier molecular flexibility index (Phi) is 2.87. The molecule has 0 bridgehead atoms. The fourth-order valence-electron chi connectivity index (χ4n) is 1.25. The number of rotatable bonds is 1. The Hall–Kier alpha value is 0.470. The van der Waals surface area contributed by atoms with Crippen LogP contribution in [0.3, 0.4) is 0 Å². The molecule has 1 fully saturated rings. The molecule has 0 heterocycles. The van der Waals surface area contributed by atoms with E-state index in [1.54, 1.807) is 0 Å². The fraction of sp³-hybridized carbons (Fsp3) is 0.714. The van der Waals surface area contributed by atoms with Gasteiger partial charge in [0, 0.05) is 0 Å². The first-order valence-corrected chi connectivity index (χ1v) is 4.45. The van der Waals surface area contributed by atoms with Crippen molar-refractivity contribution in [3.8, 4) is 0 Å². The second-order valence-corrected chi connectivity index (χ2v) is 3.08. The third-order valence-corrected chi connectivity index (χ3v) is 2.16. The van der Waals surface area contributed by atoms with Gasteiger partial charge in [-0.15, -0.1) is 0 Å². The maximum Gasteiger partial charge on any atom is -0.0226 e. The van der Waals surface area contributed by atoms with Crippen LogP contribution in [0.15, 0.2) is 10.2 Å². The van der Waals surface area contributed by atoms with E-state index >= 15 is 0 Å². The molecule has 0 aliphatic heterocycles. The first-order valence-electron chi connectivity index (χ1n) is 3.20. The first-order chi connectivity index (χ1) is 3.93. The lowest BCUT2D eigenvalue weighted by molar-refractivity contribution is 0.687. The van der Waals surface area contributed by atoms with E-state index in [4.69, 9.17) is 0 Å². The molecule has 0 unspecified atom stereocenters. The van der Waals surface area contributed by atoms with Crippen molar-refractivity contribution in [3.63, 3.8) is 0 Å². The van der Waals surface area contributed by atoms with Crippen LogP contribution in [0.5, 0.6) is 0 Å². The van der Waals surface area contributed by atoms with E-state index in [-0.39, 0.29) is 0 Å². The Morgan fingerprint density at radius 1 is 1.25 bits per heavy atom. The SMILES string of the molecule is IC=CC1CCCC1. The Balaban J connectivity index is 2.24. The van der Waals surface area contributed by atoms with Crippen molar-refractivity contribution in [2.45, 2.75) is 25.7 Å². The minimum absolute atomic E-state index is 0.923. The number of allylic oxidation sites excluding steroid dienone is 1. The third-order valence-electron chi connectivity index (χ3n) is 1.74. The van der Waals surface area contributed by atoms with E-state index in [0.717, 1.165) is 5.92 Å². The number of halogens is 1. The average molecular weight is 222 g/mol. The number of hydrogen-bond acceptors (Lipinski definition) is 0. The summed E-state index contributed by atoms with van der Waals surface area (Å²) in [5.41, 5.74) is 0. The fourth-order valence-corrected chi connectivity index (χ4v) is 1.84. The lowest BCUT2D eigenvalue weighted by atomic mass is 10.1. The lowest BCUT2D eigenvalue weighted by Crippen LogP contribution is -1.82. The van der Waals surface area contributed by atoms with Crippen molar-refractivity contribution < 1.29 is 0 Å². The quantitative estimate of drug-likeness (QED) is 0.598. The maximum absolute atomic E-state index is 2.33. The van der Waals surface area contributed by atoms with Crippen molar-refractivity contribution in [1.82, 2.24) is 0 Å². The van der Waals surface area contributed by atoms with E-state index < -0.39 is 0 Å². The molecular weight excluding hydrogens is 211 g/mol. The molecule has 0 spiro atoms. The van der Waals surface area contributed by atoms with Gasteiger partial charge in [0.2, 0.25) is 0 Å². The molecule has 8 heavy (non-hydrogen) atoms. The summed E-state index contributed by atoms with van der Waals surface area (Å²) in [6, 6.07) is 0. The molecule has 1 aliphatic carbocycles. The molecule has 0 atom stereocenters. The van der Waals surface area contributed by atoms with Gasteiger partial charge in [0.25, 0.3) is 0 Å². The summed E-state index contributed by atoms with van der Waals surface area (Å²) in [6.07, 6.45) is 8.09. The summed E-state index contributed by atoms with van der Waals surface area (Å²) in [6.45, 7) is 0. The van der Waals surface area contributed by atoms with Gasteiger partial charge in [-0.1, -0.05) is 41.5 Å². The molecule has 0 radical (unpaired) electrons. The highest BCUT2D eigenvalue weighted by molar-refractivity contribution is 14.1. The summed E-state index contributed by atoms with van der Waals surface area (Å²) >= 11 is 2.30. The van der Waals surface area contributed by atoms with Gasteiger partial charge >= 0.3 is 0 Å². The van der Waals surface area contributed by atoms with Crippen LogP contribution in [0.4, 0.5) is 0 Å². The van der Waals surface area contributed by atoms with Gasteiger partial charge in [-0.25, -0.2) is 0 Å². The van der Waals surface area contributed by atoms with Crippen LogP contribution in [-0.4, -0.2) is 0 Å². The topological polar surface area (TPSA) is 0 Å². The number of hydrogen-bond donors (Lipinski definition) is 0. The van der Waals surface area contributed by atoms with Gasteiger partial charge in [0.1, 0.15) is 0 Å². The van der Waals surface area contributed by atoms with Crippen LogP contribution >= 0.6 is 22.6 Å². The summed E-state index contributed by atoms with van der Waals surface area (Å²) < 4.78 is 2.15. The molecule has 1 heteroatoms. The highest BCUT2D eigenvalue weighted by Crippen LogP contribution is 2.25. The van der Waals surface area contributed by atoms with Gasteiger partial charge in [-0.2, -0.15) is 0 Å². The normalized spacial score (nSPS) is 23.1. The van der Waals surface area contributed by atoms with Gasteiger partial charge in [0.15, 0.2) is 0 Å². The largest absolute Gasteiger partial charge is 0.0753 e. The highest BCUT2D eigenvalue weighted by Gasteiger charge is 2.10. The molecule has 0 saturated heterocycles. The van der Waals surface area contributed by atoms with Crippen LogP contribution in [0.25, 0.3) is 0 Å². The summed E-state index contributed by atoms with van der Waals surface area (Å²) in [7, 11) is 0. The molecule has 1 aliphatic rings. The van der Waals surface area contributed by atoms with E-state index in [0.29, 0.717) is 0 Å². The summed E-state index contributed by atoms with van der Waals surface area (Å²) in [5, 5.41) is 0. The van der Waals surface area contributed by atoms with Gasteiger partial charge in [-0.3, -0.25) is 0 Å². The Morgan fingerprint density at radius 3 is 2.38 bits per heavy atom. The third kappa shape index (κ3) is 1.77. The van der Waals surface area contributed by atoms with Crippen molar-refractivity contribution in [1.29, 1.82) is 0 Å². The molecule has 46 valence electrons. The molecular formula is C7H11I. The van der Waals surface area contributed by atoms with Crippen molar-refractivity contribution >= 4 is 22.6 Å². The summed E-state index contributed by atoms with van der Waals surface area (Å²) in [4.78, 5) is 0. The lowest BCUT2D eigenvalue weighted by Gasteiger charge is -1.96. The predicted octanol–water partition coefficient (Wildman–Crippen LogP) is 3.13. The van der Waals surface area contributed by atoms with E-state index in [1.165, 1.54) is 25.7 Å². The summed E-state index contributed by atoms with van der Waals surface area (Å²) in [5.74, 6) is 0.923. The van der Waals surface area contributed by atoms with Crippen LogP contribution in [0.1, 0.15) is 25.7 Å². The van der Waals surface area contributed by atoms with Crippen LogP contribution in [0, 0.1) is 5.92 Å². The van der Waals surface area contributed by atoms with E-state index in [2.05, 4.69) is 32.7 Å². The Labute approximate surface area is 64.5 Å². The zero-order chi connectivity index (χ0) is 5.82. The Morgan fingerprint density at radius 2 is 1.88 bits per heavy atom. The van der Waals surface area contributed by atoms with Crippen LogP contribution < -0.4 is 0 Å². The van der Waals surface area contributed by atoms with Crippen molar-refractivity contribution in [2.75, 3.05) is 0 Å². The average Bonchev–Trinajstić information content (AvgIpc) is 2.19. The second-order valence-electron chi connectivity index (χ2n) is 2.36. The monoisotopic (exact) mass is 222 g/mol. The van der Waals surface area contributed by atoms with Gasteiger partial charge < -0.3 is 0 Å². The minimum atomic E-state index is 0.923. The van der Waals surface area contributed by atoms with E-state index in [9.17, 15) is 0 Å². The van der Waals surface area contributed by atoms with Crippen LogP contribution in [-0.2, 0) is 0 Å². The van der Waals surface area contributed by atoms with Crippen LogP contribution in [0.2, 0.25) is 0 Å². The molecule has 1 saturated carbocycles.